The highest BCUT2D eigenvalue weighted by Crippen LogP contribution is 2.24. The van der Waals surface area contributed by atoms with Gasteiger partial charge >= 0.3 is 5.97 Å². The summed E-state index contributed by atoms with van der Waals surface area (Å²) in [5.74, 6) is -1.23. The summed E-state index contributed by atoms with van der Waals surface area (Å²) in [5.41, 5.74) is 5.63. The predicted octanol–water partition coefficient (Wildman–Crippen LogP) is 0.186. The molecule has 0 amide bonds. The first-order valence-electron chi connectivity index (χ1n) is 4.41. The molecule has 1 aromatic rings. The second-order valence-electron chi connectivity index (χ2n) is 3.22. The molecule has 0 aliphatic rings. The Labute approximate surface area is 96.3 Å². The summed E-state index contributed by atoms with van der Waals surface area (Å²) in [6.07, 6.45) is -3.56. The van der Waals surface area contributed by atoms with Gasteiger partial charge in [0.1, 0.15) is 11.3 Å². The van der Waals surface area contributed by atoms with Crippen molar-refractivity contribution < 1.29 is 20.1 Å². The Kier molecular flexibility index (Phi) is 4.05. The van der Waals surface area contributed by atoms with Crippen molar-refractivity contribution >= 4 is 23.3 Å². The molecule has 0 saturated heterocycles. The molecule has 5 N–H and O–H groups in total. The van der Waals surface area contributed by atoms with Gasteiger partial charge in [-0.3, -0.25) is 4.79 Å². The summed E-state index contributed by atoms with van der Waals surface area (Å²) in [5, 5.41) is 27.6. The fourth-order valence-corrected chi connectivity index (χ4v) is 1.32. The van der Waals surface area contributed by atoms with Crippen molar-refractivity contribution in [3.8, 4) is 0 Å². The van der Waals surface area contributed by atoms with Crippen LogP contribution in [-0.2, 0) is 4.79 Å². The Bertz CT molecular complexity index is 399. The van der Waals surface area contributed by atoms with E-state index in [0.717, 1.165) is 0 Å². The molecule has 6 nitrogen and oxygen atoms in total. The number of hydrogen-bond acceptors (Lipinski definition) is 5. The molecule has 0 spiro atoms. The largest absolute Gasteiger partial charge is 0.481 e. The summed E-state index contributed by atoms with van der Waals surface area (Å²) in [6, 6.07) is 2.85. The minimum Gasteiger partial charge on any atom is -0.481 e. The molecule has 2 atom stereocenters. The smallest absolute Gasteiger partial charge is 0.306 e. The van der Waals surface area contributed by atoms with Crippen molar-refractivity contribution in [2.75, 3.05) is 5.73 Å². The summed E-state index contributed by atoms with van der Waals surface area (Å²) in [7, 11) is 0. The lowest BCUT2D eigenvalue weighted by atomic mass is 10.1. The highest BCUT2D eigenvalue weighted by atomic mass is 35.5. The zero-order valence-corrected chi connectivity index (χ0v) is 8.92. The SMILES string of the molecule is Nc1ccc(Cl)nc1C(O)C(O)CC(=O)O. The Morgan fingerprint density at radius 2 is 2.12 bits per heavy atom. The first-order chi connectivity index (χ1) is 7.41. The van der Waals surface area contributed by atoms with Crippen molar-refractivity contribution in [3.63, 3.8) is 0 Å². The van der Waals surface area contributed by atoms with Crippen LogP contribution in [0.1, 0.15) is 18.2 Å². The maximum atomic E-state index is 10.3. The fourth-order valence-electron chi connectivity index (χ4n) is 1.17. The number of hydrogen-bond donors (Lipinski definition) is 4. The van der Waals surface area contributed by atoms with E-state index in [1.54, 1.807) is 0 Å². The Morgan fingerprint density at radius 3 is 2.69 bits per heavy atom. The Hall–Kier alpha value is -1.37. The van der Waals surface area contributed by atoms with Crippen LogP contribution in [0.15, 0.2) is 12.1 Å². The monoisotopic (exact) mass is 246 g/mol. The molecule has 0 bridgehead atoms. The van der Waals surface area contributed by atoms with Crippen LogP contribution in [0.5, 0.6) is 0 Å². The summed E-state index contributed by atoms with van der Waals surface area (Å²) in [6.45, 7) is 0. The molecule has 0 fully saturated rings. The first kappa shape index (κ1) is 12.7. The van der Waals surface area contributed by atoms with Gasteiger partial charge in [-0.1, -0.05) is 11.6 Å². The van der Waals surface area contributed by atoms with Crippen molar-refractivity contribution in [3.05, 3.63) is 23.0 Å². The zero-order chi connectivity index (χ0) is 12.3. The number of halogens is 1. The van der Waals surface area contributed by atoms with Crippen LogP contribution in [0, 0.1) is 0 Å². The molecule has 1 aromatic heterocycles. The number of pyridine rings is 1. The van der Waals surface area contributed by atoms with E-state index in [2.05, 4.69) is 4.98 Å². The number of carboxylic acid groups (broad SMARTS) is 1. The lowest BCUT2D eigenvalue weighted by Crippen LogP contribution is -2.23. The Morgan fingerprint density at radius 1 is 1.50 bits per heavy atom. The van der Waals surface area contributed by atoms with E-state index < -0.39 is 24.6 Å². The molecule has 1 rings (SSSR count). The fraction of sp³-hybridized carbons (Fsp3) is 0.333. The lowest BCUT2D eigenvalue weighted by Gasteiger charge is -2.17. The molecule has 0 aromatic carbocycles. The van der Waals surface area contributed by atoms with E-state index in [1.165, 1.54) is 12.1 Å². The third-order valence-electron chi connectivity index (χ3n) is 1.95. The van der Waals surface area contributed by atoms with Crippen LogP contribution < -0.4 is 5.73 Å². The Balaban J connectivity index is 2.90. The molecule has 0 aliphatic heterocycles. The predicted molar refractivity (Wildman–Crippen MR) is 56.9 cm³/mol. The minimum atomic E-state index is -1.48. The van der Waals surface area contributed by atoms with Gasteiger partial charge in [-0.05, 0) is 12.1 Å². The van der Waals surface area contributed by atoms with Gasteiger partial charge in [0, 0.05) is 0 Å². The first-order valence-corrected chi connectivity index (χ1v) is 4.79. The van der Waals surface area contributed by atoms with Crippen LogP contribution >= 0.6 is 11.6 Å². The van der Waals surface area contributed by atoms with Gasteiger partial charge < -0.3 is 21.1 Å². The van der Waals surface area contributed by atoms with Gasteiger partial charge in [-0.15, -0.1) is 0 Å². The van der Waals surface area contributed by atoms with E-state index in [4.69, 9.17) is 22.4 Å². The molecular weight excluding hydrogens is 236 g/mol. The third kappa shape index (κ3) is 3.06. The van der Waals surface area contributed by atoms with Gasteiger partial charge in [0.05, 0.1) is 23.9 Å². The van der Waals surface area contributed by atoms with E-state index >= 15 is 0 Å². The molecular formula is C9H11ClN2O4. The molecule has 7 heteroatoms. The average molecular weight is 247 g/mol. The topological polar surface area (TPSA) is 117 Å². The van der Waals surface area contributed by atoms with Crippen molar-refractivity contribution in [1.82, 2.24) is 4.98 Å². The van der Waals surface area contributed by atoms with Crippen molar-refractivity contribution in [2.24, 2.45) is 0 Å². The number of carbonyl (C=O) groups is 1. The van der Waals surface area contributed by atoms with Gasteiger partial charge in [-0.25, -0.2) is 4.98 Å². The van der Waals surface area contributed by atoms with E-state index in [1.807, 2.05) is 0 Å². The molecule has 1 heterocycles. The molecule has 2 unspecified atom stereocenters. The van der Waals surface area contributed by atoms with Crippen LogP contribution in [0.2, 0.25) is 5.15 Å². The highest BCUT2D eigenvalue weighted by Gasteiger charge is 2.24. The van der Waals surface area contributed by atoms with Gasteiger partial charge in [0.25, 0.3) is 0 Å². The van der Waals surface area contributed by atoms with Gasteiger partial charge in [0.15, 0.2) is 0 Å². The molecule has 16 heavy (non-hydrogen) atoms. The number of nitrogens with zero attached hydrogens (tertiary/aromatic N) is 1. The van der Waals surface area contributed by atoms with Gasteiger partial charge in [-0.2, -0.15) is 0 Å². The molecule has 0 radical (unpaired) electrons. The highest BCUT2D eigenvalue weighted by molar-refractivity contribution is 6.29. The van der Waals surface area contributed by atoms with E-state index in [-0.39, 0.29) is 16.5 Å². The number of nitrogen functional groups attached to an aromatic ring is 1. The van der Waals surface area contributed by atoms with E-state index in [9.17, 15) is 15.0 Å². The quantitative estimate of drug-likeness (QED) is 0.564. The molecule has 0 aliphatic carbocycles. The minimum absolute atomic E-state index is 0.0266. The average Bonchev–Trinajstić information content (AvgIpc) is 2.19. The number of aliphatic carboxylic acids is 1. The molecule has 0 saturated carbocycles. The van der Waals surface area contributed by atoms with Crippen LogP contribution in [0.4, 0.5) is 5.69 Å². The van der Waals surface area contributed by atoms with Crippen molar-refractivity contribution in [2.45, 2.75) is 18.6 Å². The second-order valence-corrected chi connectivity index (χ2v) is 3.61. The number of aromatic nitrogens is 1. The van der Waals surface area contributed by atoms with Crippen LogP contribution in [-0.4, -0.2) is 32.4 Å². The third-order valence-corrected chi connectivity index (χ3v) is 2.16. The number of rotatable bonds is 4. The lowest BCUT2D eigenvalue weighted by molar-refractivity contribution is -0.141. The van der Waals surface area contributed by atoms with Crippen LogP contribution in [0.25, 0.3) is 0 Å². The standard InChI is InChI=1S/C9H11ClN2O4/c10-6-2-1-4(11)8(12-6)9(16)5(13)3-7(14)15/h1-2,5,9,13,16H,3,11H2,(H,14,15). The summed E-state index contributed by atoms with van der Waals surface area (Å²) >= 11 is 5.60. The number of nitrogens with two attached hydrogens (primary N) is 1. The maximum Gasteiger partial charge on any atom is 0.306 e. The number of aliphatic hydroxyl groups excluding tert-OH is 2. The number of aliphatic hydroxyl groups is 2. The zero-order valence-electron chi connectivity index (χ0n) is 8.17. The normalized spacial score (nSPS) is 14.4. The summed E-state index contributed by atoms with van der Waals surface area (Å²) in [4.78, 5) is 14.1. The molecule has 88 valence electrons. The van der Waals surface area contributed by atoms with Crippen molar-refractivity contribution in [1.29, 1.82) is 0 Å². The van der Waals surface area contributed by atoms with Gasteiger partial charge in [0.2, 0.25) is 0 Å². The van der Waals surface area contributed by atoms with Crippen LogP contribution in [0.3, 0.4) is 0 Å². The number of anilines is 1. The maximum absolute atomic E-state index is 10.3. The second kappa shape index (κ2) is 5.11. The number of carboxylic acids is 1. The van der Waals surface area contributed by atoms with E-state index in [0.29, 0.717) is 0 Å². The summed E-state index contributed by atoms with van der Waals surface area (Å²) < 4.78 is 0.